The number of hydrogen-bond donors (Lipinski definition) is 1. The normalized spacial score (nSPS) is 14.9. The van der Waals surface area contributed by atoms with E-state index in [0.717, 1.165) is 0 Å². The van der Waals surface area contributed by atoms with Gasteiger partial charge >= 0.3 is 5.97 Å². The summed E-state index contributed by atoms with van der Waals surface area (Å²) in [6, 6.07) is 0. The van der Waals surface area contributed by atoms with E-state index in [1.54, 1.807) is 0 Å². The van der Waals surface area contributed by atoms with Crippen LogP contribution < -0.4 is 0 Å². The van der Waals surface area contributed by atoms with Crippen LogP contribution >= 0.6 is 23.2 Å². The number of carboxylic acid groups (broad SMARTS) is 1. The van der Waals surface area contributed by atoms with Crippen molar-refractivity contribution in [2.24, 2.45) is 11.8 Å². The molecule has 2 nitrogen and oxygen atoms in total. The molecule has 1 atom stereocenters. The number of allylic oxidation sites excluding steroid dienone is 1. The lowest BCUT2D eigenvalue weighted by molar-refractivity contribution is -0.143. The molecule has 0 saturated carbocycles. The Morgan fingerprint density at radius 1 is 1.58 bits per heavy atom. The Balaban J connectivity index is 4.24. The summed E-state index contributed by atoms with van der Waals surface area (Å²) < 4.78 is 0. The maximum absolute atomic E-state index is 10.7. The van der Waals surface area contributed by atoms with Crippen molar-refractivity contribution in [1.82, 2.24) is 0 Å². The van der Waals surface area contributed by atoms with Crippen LogP contribution in [0.4, 0.5) is 0 Å². The maximum Gasteiger partial charge on any atom is 0.307 e. The number of halogens is 2. The Morgan fingerprint density at radius 2 is 2.08 bits per heavy atom. The number of aliphatic carboxylic acids is 1. The fraction of sp³-hybridized carbons (Fsp3) is 0.625. The SMILES string of the molecule is CC(C)C(CC(Cl)=CCl)C(=O)O. The van der Waals surface area contributed by atoms with Gasteiger partial charge in [0.15, 0.2) is 0 Å². The van der Waals surface area contributed by atoms with Gasteiger partial charge in [-0.2, -0.15) is 0 Å². The molecule has 0 spiro atoms. The first-order chi connectivity index (χ1) is 5.49. The predicted molar refractivity (Wildman–Crippen MR) is 50.4 cm³/mol. The number of rotatable bonds is 4. The van der Waals surface area contributed by atoms with Crippen molar-refractivity contribution in [3.8, 4) is 0 Å². The highest BCUT2D eigenvalue weighted by Crippen LogP contribution is 2.22. The highest BCUT2D eigenvalue weighted by atomic mass is 35.5. The lowest BCUT2D eigenvalue weighted by Crippen LogP contribution is -2.19. The number of hydrogen-bond acceptors (Lipinski definition) is 1. The molecule has 0 rings (SSSR count). The molecule has 0 aromatic carbocycles. The van der Waals surface area contributed by atoms with Gasteiger partial charge in [-0.25, -0.2) is 0 Å². The van der Waals surface area contributed by atoms with Crippen LogP contribution in [0.25, 0.3) is 0 Å². The van der Waals surface area contributed by atoms with Crippen molar-refractivity contribution >= 4 is 29.2 Å². The van der Waals surface area contributed by atoms with Gasteiger partial charge in [-0.1, -0.05) is 37.0 Å². The summed E-state index contributed by atoms with van der Waals surface area (Å²) in [6.45, 7) is 3.69. The van der Waals surface area contributed by atoms with Crippen LogP contribution in [0.5, 0.6) is 0 Å². The van der Waals surface area contributed by atoms with Gasteiger partial charge in [0.25, 0.3) is 0 Å². The summed E-state index contributed by atoms with van der Waals surface area (Å²) in [5.74, 6) is -1.22. The summed E-state index contributed by atoms with van der Waals surface area (Å²) in [5.41, 5.74) is 1.21. The molecule has 0 heterocycles. The standard InChI is InChI=1S/C8H12Cl2O2/c1-5(2)7(8(11)12)3-6(10)4-9/h4-5,7H,3H2,1-2H3,(H,11,12). The molecule has 1 unspecified atom stereocenters. The topological polar surface area (TPSA) is 37.3 Å². The second-order valence-electron chi connectivity index (χ2n) is 2.95. The van der Waals surface area contributed by atoms with Crippen molar-refractivity contribution in [3.63, 3.8) is 0 Å². The van der Waals surface area contributed by atoms with Crippen LogP contribution in [0, 0.1) is 11.8 Å². The van der Waals surface area contributed by atoms with E-state index in [2.05, 4.69) is 0 Å². The van der Waals surface area contributed by atoms with Gasteiger partial charge in [0.2, 0.25) is 0 Å². The van der Waals surface area contributed by atoms with Crippen molar-refractivity contribution in [2.45, 2.75) is 20.3 Å². The van der Waals surface area contributed by atoms with Crippen molar-refractivity contribution < 1.29 is 9.90 Å². The molecule has 4 heteroatoms. The first kappa shape index (κ1) is 11.8. The van der Waals surface area contributed by atoms with Gasteiger partial charge in [0.1, 0.15) is 0 Å². The fourth-order valence-electron chi connectivity index (χ4n) is 0.863. The van der Waals surface area contributed by atoms with Gasteiger partial charge in [-0.15, -0.1) is 0 Å². The third kappa shape index (κ3) is 3.98. The number of carboxylic acids is 1. The monoisotopic (exact) mass is 210 g/mol. The lowest BCUT2D eigenvalue weighted by Gasteiger charge is -2.14. The molecule has 0 fully saturated rings. The van der Waals surface area contributed by atoms with Crippen LogP contribution in [0.2, 0.25) is 0 Å². The average Bonchev–Trinajstić information content (AvgIpc) is 1.98. The van der Waals surface area contributed by atoms with Gasteiger partial charge < -0.3 is 5.11 Å². The Labute approximate surface area is 82.2 Å². The van der Waals surface area contributed by atoms with Crippen LogP contribution in [0.1, 0.15) is 20.3 Å². The molecule has 12 heavy (non-hydrogen) atoms. The largest absolute Gasteiger partial charge is 0.481 e. The fourth-order valence-corrected chi connectivity index (χ4v) is 1.12. The second kappa shape index (κ2) is 5.44. The Kier molecular flexibility index (Phi) is 5.34. The summed E-state index contributed by atoms with van der Waals surface area (Å²) in [7, 11) is 0. The van der Waals surface area contributed by atoms with Gasteiger partial charge in [0, 0.05) is 10.6 Å². The zero-order valence-corrected chi connectivity index (χ0v) is 8.56. The van der Waals surface area contributed by atoms with E-state index in [9.17, 15) is 4.79 Å². The molecule has 0 aliphatic rings. The minimum Gasteiger partial charge on any atom is -0.481 e. The van der Waals surface area contributed by atoms with Gasteiger partial charge in [-0.05, 0) is 12.3 Å². The molecule has 0 amide bonds. The van der Waals surface area contributed by atoms with Crippen molar-refractivity contribution in [3.05, 3.63) is 10.6 Å². The molecule has 0 aliphatic heterocycles. The van der Waals surface area contributed by atoms with E-state index < -0.39 is 11.9 Å². The van der Waals surface area contributed by atoms with Crippen molar-refractivity contribution in [1.29, 1.82) is 0 Å². The zero-order chi connectivity index (χ0) is 9.72. The molecule has 1 N–H and O–H groups in total. The minimum absolute atomic E-state index is 0.0628. The lowest BCUT2D eigenvalue weighted by atomic mass is 9.93. The molecular formula is C8H12Cl2O2. The second-order valence-corrected chi connectivity index (χ2v) is 3.65. The smallest absolute Gasteiger partial charge is 0.307 e. The number of carbonyl (C=O) groups is 1. The van der Waals surface area contributed by atoms with Crippen LogP contribution in [-0.4, -0.2) is 11.1 Å². The third-order valence-corrected chi connectivity index (χ3v) is 2.29. The Morgan fingerprint density at radius 3 is 2.33 bits per heavy atom. The van der Waals surface area contributed by atoms with E-state index in [1.165, 1.54) is 5.54 Å². The first-order valence-electron chi connectivity index (χ1n) is 3.66. The molecule has 0 saturated heterocycles. The van der Waals surface area contributed by atoms with Crippen LogP contribution in [-0.2, 0) is 4.79 Å². The Bertz CT molecular complexity index is 187. The van der Waals surface area contributed by atoms with E-state index in [-0.39, 0.29) is 5.92 Å². The quantitative estimate of drug-likeness (QED) is 0.775. The Hall–Kier alpha value is -0.210. The third-order valence-electron chi connectivity index (χ3n) is 1.66. The van der Waals surface area contributed by atoms with E-state index in [1.807, 2.05) is 13.8 Å². The van der Waals surface area contributed by atoms with Gasteiger partial charge in [0.05, 0.1) is 5.92 Å². The zero-order valence-electron chi connectivity index (χ0n) is 7.05. The molecule has 0 aromatic heterocycles. The molecule has 0 radical (unpaired) electrons. The molecule has 0 aliphatic carbocycles. The maximum atomic E-state index is 10.7. The van der Waals surface area contributed by atoms with E-state index in [4.69, 9.17) is 28.3 Å². The van der Waals surface area contributed by atoms with Crippen LogP contribution in [0.15, 0.2) is 10.6 Å². The summed E-state index contributed by atoms with van der Waals surface area (Å²) in [4.78, 5) is 10.7. The van der Waals surface area contributed by atoms with E-state index >= 15 is 0 Å². The highest BCUT2D eigenvalue weighted by Gasteiger charge is 2.21. The average molecular weight is 211 g/mol. The van der Waals surface area contributed by atoms with Gasteiger partial charge in [-0.3, -0.25) is 4.79 Å². The highest BCUT2D eigenvalue weighted by molar-refractivity contribution is 6.36. The molecular weight excluding hydrogens is 199 g/mol. The van der Waals surface area contributed by atoms with Crippen molar-refractivity contribution in [2.75, 3.05) is 0 Å². The first-order valence-corrected chi connectivity index (χ1v) is 4.48. The van der Waals surface area contributed by atoms with E-state index in [0.29, 0.717) is 11.5 Å². The predicted octanol–water partition coefficient (Wildman–Crippen LogP) is 3.05. The summed E-state index contributed by atoms with van der Waals surface area (Å²) in [6.07, 6.45) is 0.304. The summed E-state index contributed by atoms with van der Waals surface area (Å²) >= 11 is 10.9. The minimum atomic E-state index is -0.832. The molecule has 70 valence electrons. The molecule has 0 bridgehead atoms. The van der Waals surface area contributed by atoms with Crippen LogP contribution in [0.3, 0.4) is 0 Å². The summed E-state index contributed by atoms with van der Waals surface area (Å²) in [5, 5.41) is 9.15. The molecule has 0 aromatic rings.